The number of aromatic amines is 1. The predicted molar refractivity (Wildman–Crippen MR) is 125 cm³/mol. The van der Waals surface area contributed by atoms with Gasteiger partial charge in [0, 0.05) is 31.3 Å². The molecule has 12 nitrogen and oxygen atoms in total. The zero-order chi connectivity index (χ0) is 25.7. The normalized spacial score (nSPS) is 20.3. The summed E-state index contributed by atoms with van der Waals surface area (Å²) in [6.07, 6.45) is 3.27. The summed E-state index contributed by atoms with van der Waals surface area (Å²) in [4.78, 5) is 72.6. The Morgan fingerprint density at radius 1 is 1.17 bits per heavy atom. The van der Waals surface area contributed by atoms with Gasteiger partial charge in [-0.15, -0.1) is 0 Å². The third-order valence-corrected chi connectivity index (χ3v) is 6.37. The zero-order valence-corrected chi connectivity index (χ0v) is 19.6. The molecule has 3 heterocycles. The highest BCUT2D eigenvalue weighted by Crippen LogP contribution is 2.22. The van der Waals surface area contributed by atoms with Crippen molar-refractivity contribution in [1.82, 2.24) is 25.1 Å². The lowest BCUT2D eigenvalue weighted by Crippen LogP contribution is -2.57. The van der Waals surface area contributed by atoms with E-state index in [1.54, 1.807) is 24.3 Å². The second-order valence-corrected chi connectivity index (χ2v) is 8.79. The molecular formula is C24H28N6O6. The van der Waals surface area contributed by atoms with Gasteiger partial charge in [0.1, 0.15) is 24.7 Å². The number of rotatable bonds is 8. The lowest BCUT2D eigenvalue weighted by molar-refractivity contribution is -0.141. The number of carbonyl (C=O) groups is 5. The Labute approximate surface area is 207 Å². The van der Waals surface area contributed by atoms with E-state index in [9.17, 15) is 24.0 Å². The molecule has 0 saturated carbocycles. The standard InChI is InChI=1S/C24H28N6O6/c25-21(32)18-7-4-10-29(18)23(34)17(11-16-12-26-14-27-16)28-22(33)19-8-9-20(31)30(19)24(35)36-13-15-5-2-1-3-6-15/h1-3,5-6,12,14,17-19H,4,7-11,13H2,(H2,25,32)(H,26,27)(H,28,33). The highest BCUT2D eigenvalue weighted by molar-refractivity contribution is 6.01. The number of amides is 5. The first kappa shape index (κ1) is 24.9. The summed E-state index contributed by atoms with van der Waals surface area (Å²) in [5.41, 5.74) is 6.79. The molecule has 2 saturated heterocycles. The monoisotopic (exact) mass is 496 g/mol. The molecule has 2 aliphatic heterocycles. The van der Waals surface area contributed by atoms with Crippen molar-refractivity contribution in [3.8, 4) is 0 Å². The van der Waals surface area contributed by atoms with Crippen LogP contribution < -0.4 is 11.1 Å². The molecule has 1 aromatic heterocycles. The van der Waals surface area contributed by atoms with Crippen LogP contribution >= 0.6 is 0 Å². The number of nitrogens with two attached hydrogens (primary N) is 1. The van der Waals surface area contributed by atoms with Crippen molar-refractivity contribution < 1.29 is 28.7 Å². The molecular weight excluding hydrogens is 468 g/mol. The van der Waals surface area contributed by atoms with E-state index in [4.69, 9.17) is 10.5 Å². The Hall–Kier alpha value is -4.22. The first-order chi connectivity index (χ1) is 17.3. The molecule has 2 aliphatic rings. The highest BCUT2D eigenvalue weighted by Gasteiger charge is 2.43. The average Bonchev–Trinajstić information content (AvgIpc) is 3.63. The van der Waals surface area contributed by atoms with Crippen molar-refractivity contribution in [1.29, 1.82) is 0 Å². The Morgan fingerprint density at radius 2 is 1.94 bits per heavy atom. The molecule has 1 aromatic carbocycles. The number of hydrogen-bond donors (Lipinski definition) is 3. The van der Waals surface area contributed by atoms with Crippen LogP contribution in [0, 0.1) is 0 Å². The summed E-state index contributed by atoms with van der Waals surface area (Å²) in [5.74, 6) is -2.27. The summed E-state index contributed by atoms with van der Waals surface area (Å²) in [5, 5.41) is 2.68. The van der Waals surface area contributed by atoms with Gasteiger partial charge in [-0.2, -0.15) is 0 Å². The fourth-order valence-corrected chi connectivity index (χ4v) is 4.56. The lowest BCUT2D eigenvalue weighted by Gasteiger charge is -2.29. The number of carbonyl (C=O) groups excluding carboxylic acids is 5. The van der Waals surface area contributed by atoms with Gasteiger partial charge in [0.2, 0.25) is 23.6 Å². The molecule has 2 fully saturated rings. The summed E-state index contributed by atoms with van der Waals surface area (Å²) >= 11 is 0. The third-order valence-electron chi connectivity index (χ3n) is 6.37. The molecule has 0 radical (unpaired) electrons. The Kier molecular flexibility index (Phi) is 7.62. The number of imidazole rings is 1. The third kappa shape index (κ3) is 5.53. The summed E-state index contributed by atoms with van der Waals surface area (Å²) in [6.45, 7) is 0.282. The first-order valence-electron chi connectivity index (χ1n) is 11.8. The summed E-state index contributed by atoms with van der Waals surface area (Å²) < 4.78 is 5.27. The maximum Gasteiger partial charge on any atom is 0.417 e. The number of H-pyrrole nitrogens is 1. The molecule has 190 valence electrons. The topological polar surface area (TPSA) is 168 Å². The Morgan fingerprint density at radius 3 is 2.64 bits per heavy atom. The fourth-order valence-electron chi connectivity index (χ4n) is 4.56. The average molecular weight is 497 g/mol. The van der Waals surface area contributed by atoms with Crippen molar-refractivity contribution in [3.05, 3.63) is 54.1 Å². The van der Waals surface area contributed by atoms with Crippen molar-refractivity contribution in [2.45, 2.75) is 56.8 Å². The summed E-state index contributed by atoms with van der Waals surface area (Å²) in [7, 11) is 0. The van der Waals surface area contributed by atoms with Crippen LogP contribution in [0.5, 0.6) is 0 Å². The van der Waals surface area contributed by atoms with Crippen LogP contribution in [0.4, 0.5) is 4.79 Å². The largest absolute Gasteiger partial charge is 0.444 e. The van der Waals surface area contributed by atoms with Gasteiger partial charge < -0.3 is 25.7 Å². The van der Waals surface area contributed by atoms with E-state index in [0.717, 1.165) is 10.5 Å². The lowest BCUT2D eigenvalue weighted by atomic mass is 10.1. The molecule has 4 rings (SSSR count). The maximum absolute atomic E-state index is 13.4. The number of likely N-dealkylation sites (tertiary alicyclic amines) is 2. The molecule has 3 unspecified atom stereocenters. The summed E-state index contributed by atoms with van der Waals surface area (Å²) in [6, 6.07) is 6.01. The SMILES string of the molecule is NC(=O)C1CCCN1C(=O)C(Cc1cnc[nH]1)NC(=O)C1CCC(=O)N1C(=O)OCc1ccccc1. The van der Waals surface area contributed by atoms with Crippen molar-refractivity contribution in [2.75, 3.05) is 6.54 Å². The van der Waals surface area contributed by atoms with Gasteiger partial charge in [0.25, 0.3) is 0 Å². The van der Waals surface area contributed by atoms with E-state index in [0.29, 0.717) is 25.1 Å². The molecule has 12 heteroatoms. The van der Waals surface area contributed by atoms with E-state index in [1.807, 2.05) is 6.07 Å². The van der Waals surface area contributed by atoms with Gasteiger partial charge in [-0.1, -0.05) is 30.3 Å². The van der Waals surface area contributed by atoms with Gasteiger partial charge in [-0.3, -0.25) is 19.2 Å². The zero-order valence-electron chi connectivity index (χ0n) is 19.6. The molecule has 3 atom stereocenters. The number of nitrogens with zero attached hydrogens (tertiary/aromatic N) is 3. The van der Waals surface area contributed by atoms with E-state index >= 15 is 0 Å². The molecule has 0 aliphatic carbocycles. The van der Waals surface area contributed by atoms with Crippen LogP contribution in [0.25, 0.3) is 0 Å². The molecule has 0 spiro atoms. The number of aromatic nitrogens is 2. The molecule has 2 aromatic rings. The van der Waals surface area contributed by atoms with Crippen LogP contribution in [-0.2, 0) is 36.9 Å². The van der Waals surface area contributed by atoms with E-state index in [-0.39, 0.29) is 25.9 Å². The quantitative estimate of drug-likeness (QED) is 0.470. The predicted octanol–water partition coefficient (Wildman–Crippen LogP) is 0.241. The van der Waals surface area contributed by atoms with Gasteiger partial charge in [-0.05, 0) is 24.8 Å². The minimum Gasteiger partial charge on any atom is -0.444 e. The van der Waals surface area contributed by atoms with Gasteiger partial charge >= 0.3 is 6.09 Å². The van der Waals surface area contributed by atoms with E-state index in [1.165, 1.54) is 17.4 Å². The Bertz CT molecular complexity index is 1120. The molecule has 4 N–H and O–H groups in total. The number of ether oxygens (including phenoxy) is 1. The van der Waals surface area contributed by atoms with Crippen LogP contribution in [0.3, 0.4) is 0 Å². The second kappa shape index (κ2) is 11.0. The Balaban J connectivity index is 1.47. The van der Waals surface area contributed by atoms with Crippen LogP contribution in [-0.4, -0.2) is 74.2 Å². The van der Waals surface area contributed by atoms with Crippen LogP contribution in [0.15, 0.2) is 42.9 Å². The van der Waals surface area contributed by atoms with Crippen LogP contribution in [0.2, 0.25) is 0 Å². The van der Waals surface area contributed by atoms with Crippen molar-refractivity contribution in [2.24, 2.45) is 5.73 Å². The minimum absolute atomic E-state index is 0.00639. The smallest absolute Gasteiger partial charge is 0.417 e. The van der Waals surface area contributed by atoms with E-state index < -0.39 is 47.8 Å². The number of hydrogen-bond acceptors (Lipinski definition) is 7. The number of imide groups is 1. The maximum atomic E-state index is 13.4. The molecule has 0 bridgehead atoms. The number of primary amides is 1. The van der Waals surface area contributed by atoms with Gasteiger partial charge in [0.05, 0.1) is 6.33 Å². The number of nitrogens with one attached hydrogen (secondary N) is 2. The number of benzene rings is 1. The van der Waals surface area contributed by atoms with Gasteiger partial charge in [-0.25, -0.2) is 14.7 Å². The fraction of sp³-hybridized carbons (Fsp3) is 0.417. The molecule has 5 amide bonds. The minimum atomic E-state index is -1.12. The molecule has 36 heavy (non-hydrogen) atoms. The van der Waals surface area contributed by atoms with Crippen LogP contribution in [0.1, 0.15) is 36.9 Å². The van der Waals surface area contributed by atoms with Crippen molar-refractivity contribution >= 4 is 29.7 Å². The highest BCUT2D eigenvalue weighted by atomic mass is 16.6. The first-order valence-corrected chi connectivity index (χ1v) is 11.8. The van der Waals surface area contributed by atoms with Crippen molar-refractivity contribution in [3.63, 3.8) is 0 Å². The van der Waals surface area contributed by atoms with E-state index in [2.05, 4.69) is 15.3 Å². The second-order valence-electron chi connectivity index (χ2n) is 8.79. The van der Waals surface area contributed by atoms with Gasteiger partial charge in [0.15, 0.2) is 0 Å².